The SMILES string of the molecule is OC(Cc1ccc(Cl)cc1F)C1CCc2ccccc2C1. The fourth-order valence-corrected chi connectivity index (χ4v) is 3.29. The van der Waals surface area contributed by atoms with Gasteiger partial charge in [0.05, 0.1) is 6.10 Å². The molecule has 0 saturated carbocycles. The standard InChI is InChI=1S/C18H18ClFO/c19-16-8-7-14(17(20)11-16)10-18(21)15-6-5-12-3-1-2-4-13(12)9-15/h1-4,7-8,11,15,18,21H,5-6,9-10H2. The van der Waals surface area contributed by atoms with Crippen molar-refractivity contribution in [2.45, 2.75) is 31.8 Å². The van der Waals surface area contributed by atoms with Crippen LogP contribution >= 0.6 is 11.6 Å². The van der Waals surface area contributed by atoms with Crippen molar-refractivity contribution in [2.75, 3.05) is 0 Å². The predicted octanol–water partition coefficient (Wildman–Crippen LogP) is 4.19. The molecule has 3 heteroatoms. The molecule has 0 saturated heterocycles. The number of rotatable bonds is 3. The van der Waals surface area contributed by atoms with E-state index in [1.807, 2.05) is 6.07 Å². The van der Waals surface area contributed by atoms with Gasteiger partial charge in [-0.1, -0.05) is 41.9 Å². The third kappa shape index (κ3) is 3.28. The van der Waals surface area contributed by atoms with Crippen LogP contribution in [0.5, 0.6) is 0 Å². The molecule has 21 heavy (non-hydrogen) atoms. The van der Waals surface area contributed by atoms with Crippen LogP contribution < -0.4 is 0 Å². The average molecular weight is 305 g/mol. The van der Waals surface area contributed by atoms with Crippen molar-refractivity contribution >= 4 is 11.6 Å². The maximum absolute atomic E-state index is 13.8. The summed E-state index contributed by atoms with van der Waals surface area (Å²) >= 11 is 5.76. The van der Waals surface area contributed by atoms with Crippen LogP contribution in [0.15, 0.2) is 42.5 Å². The van der Waals surface area contributed by atoms with Gasteiger partial charge in [-0.15, -0.1) is 0 Å². The van der Waals surface area contributed by atoms with Crippen LogP contribution in [0, 0.1) is 11.7 Å². The van der Waals surface area contributed by atoms with Gasteiger partial charge in [0.15, 0.2) is 0 Å². The van der Waals surface area contributed by atoms with E-state index in [0.29, 0.717) is 17.0 Å². The fraction of sp³-hybridized carbons (Fsp3) is 0.333. The van der Waals surface area contributed by atoms with Crippen molar-refractivity contribution in [1.29, 1.82) is 0 Å². The minimum Gasteiger partial charge on any atom is -0.392 e. The third-order valence-electron chi connectivity index (χ3n) is 4.37. The first-order chi connectivity index (χ1) is 10.1. The number of aliphatic hydroxyl groups is 1. The number of fused-ring (bicyclic) bond motifs is 1. The molecular formula is C18H18ClFO. The molecule has 2 atom stereocenters. The molecule has 3 rings (SSSR count). The van der Waals surface area contributed by atoms with Crippen molar-refractivity contribution in [1.82, 2.24) is 0 Å². The van der Waals surface area contributed by atoms with Crippen molar-refractivity contribution in [2.24, 2.45) is 5.92 Å². The van der Waals surface area contributed by atoms with E-state index in [0.717, 1.165) is 19.3 Å². The Morgan fingerprint density at radius 1 is 1.19 bits per heavy atom. The molecule has 0 bridgehead atoms. The van der Waals surface area contributed by atoms with E-state index >= 15 is 0 Å². The Kier molecular flexibility index (Phi) is 4.27. The molecule has 2 aromatic rings. The molecule has 1 nitrogen and oxygen atoms in total. The summed E-state index contributed by atoms with van der Waals surface area (Å²) in [6.45, 7) is 0. The van der Waals surface area contributed by atoms with Crippen molar-refractivity contribution in [3.63, 3.8) is 0 Å². The highest BCUT2D eigenvalue weighted by Gasteiger charge is 2.25. The topological polar surface area (TPSA) is 20.2 Å². The summed E-state index contributed by atoms with van der Waals surface area (Å²) in [4.78, 5) is 0. The van der Waals surface area contributed by atoms with Crippen LogP contribution in [-0.2, 0) is 19.3 Å². The maximum atomic E-state index is 13.8. The zero-order valence-corrected chi connectivity index (χ0v) is 12.5. The molecule has 0 amide bonds. The van der Waals surface area contributed by atoms with Crippen molar-refractivity contribution < 1.29 is 9.50 Å². The van der Waals surface area contributed by atoms with E-state index in [4.69, 9.17) is 11.6 Å². The second-order valence-electron chi connectivity index (χ2n) is 5.78. The van der Waals surface area contributed by atoms with Gasteiger partial charge in [-0.3, -0.25) is 0 Å². The predicted molar refractivity (Wildman–Crippen MR) is 83.1 cm³/mol. The Balaban J connectivity index is 1.70. The monoisotopic (exact) mass is 304 g/mol. The zero-order valence-electron chi connectivity index (χ0n) is 11.7. The summed E-state index contributed by atoms with van der Waals surface area (Å²) in [7, 11) is 0. The highest BCUT2D eigenvalue weighted by atomic mass is 35.5. The van der Waals surface area contributed by atoms with Crippen molar-refractivity contribution in [3.8, 4) is 0 Å². The normalized spacial score (nSPS) is 19.1. The molecule has 2 unspecified atom stereocenters. The molecule has 110 valence electrons. The summed E-state index contributed by atoms with van der Waals surface area (Å²) in [5.74, 6) is -0.146. The molecule has 0 aromatic heterocycles. The number of hydrogen-bond acceptors (Lipinski definition) is 1. The van der Waals surface area contributed by atoms with Crippen LogP contribution in [0.1, 0.15) is 23.1 Å². The molecular weight excluding hydrogens is 287 g/mol. The van der Waals surface area contributed by atoms with Crippen LogP contribution in [0.3, 0.4) is 0 Å². The average Bonchev–Trinajstić information content (AvgIpc) is 2.49. The molecule has 0 heterocycles. The minimum atomic E-state index is -0.519. The van der Waals surface area contributed by atoms with Gasteiger partial charge in [0, 0.05) is 11.4 Å². The number of halogens is 2. The molecule has 1 aliphatic carbocycles. The quantitative estimate of drug-likeness (QED) is 0.901. The van der Waals surface area contributed by atoms with Gasteiger partial charge in [0.25, 0.3) is 0 Å². The lowest BCUT2D eigenvalue weighted by molar-refractivity contribution is 0.0984. The molecule has 0 spiro atoms. The summed E-state index contributed by atoms with van der Waals surface area (Å²) in [5.41, 5.74) is 3.22. The van der Waals surface area contributed by atoms with Gasteiger partial charge in [-0.25, -0.2) is 4.39 Å². The van der Waals surface area contributed by atoms with E-state index in [-0.39, 0.29) is 11.7 Å². The lowest BCUT2D eigenvalue weighted by atomic mass is 9.79. The first-order valence-electron chi connectivity index (χ1n) is 7.32. The van der Waals surface area contributed by atoms with E-state index < -0.39 is 6.10 Å². The number of aryl methyl sites for hydroxylation is 1. The Morgan fingerprint density at radius 2 is 1.95 bits per heavy atom. The third-order valence-corrected chi connectivity index (χ3v) is 4.61. The lowest BCUT2D eigenvalue weighted by Crippen LogP contribution is -2.28. The largest absolute Gasteiger partial charge is 0.392 e. The zero-order chi connectivity index (χ0) is 14.8. The highest BCUT2D eigenvalue weighted by molar-refractivity contribution is 6.30. The second kappa shape index (κ2) is 6.17. The van der Waals surface area contributed by atoms with E-state index in [2.05, 4.69) is 18.2 Å². The number of benzene rings is 2. The van der Waals surface area contributed by atoms with Gasteiger partial charge in [-0.05, 0) is 54.0 Å². The molecule has 2 aromatic carbocycles. The molecule has 1 aliphatic rings. The first kappa shape index (κ1) is 14.6. The smallest absolute Gasteiger partial charge is 0.127 e. The Labute approximate surface area is 129 Å². The second-order valence-corrected chi connectivity index (χ2v) is 6.22. The van der Waals surface area contributed by atoms with Gasteiger partial charge in [0.2, 0.25) is 0 Å². The summed E-state index contributed by atoms with van der Waals surface area (Å²) in [6, 6.07) is 13.0. The van der Waals surface area contributed by atoms with Gasteiger partial charge >= 0.3 is 0 Å². The molecule has 0 aliphatic heterocycles. The van der Waals surface area contributed by atoms with E-state index in [1.165, 1.54) is 17.2 Å². The molecule has 0 fully saturated rings. The lowest BCUT2D eigenvalue weighted by Gasteiger charge is -2.28. The van der Waals surface area contributed by atoms with E-state index in [1.54, 1.807) is 12.1 Å². The summed E-state index contributed by atoms with van der Waals surface area (Å²) < 4.78 is 13.8. The summed E-state index contributed by atoms with van der Waals surface area (Å²) in [5, 5.41) is 10.8. The highest BCUT2D eigenvalue weighted by Crippen LogP contribution is 2.29. The van der Waals surface area contributed by atoms with Crippen LogP contribution in [0.4, 0.5) is 4.39 Å². The number of hydrogen-bond donors (Lipinski definition) is 1. The number of aliphatic hydroxyl groups excluding tert-OH is 1. The minimum absolute atomic E-state index is 0.190. The van der Waals surface area contributed by atoms with E-state index in [9.17, 15) is 9.50 Å². The van der Waals surface area contributed by atoms with Crippen molar-refractivity contribution in [3.05, 3.63) is 70.0 Å². The Bertz CT molecular complexity index is 641. The van der Waals surface area contributed by atoms with Gasteiger partial charge < -0.3 is 5.11 Å². The molecule has 1 N–H and O–H groups in total. The molecule has 0 radical (unpaired) electrons. The first-order valence-corrected chi connectivity index (χ1v) is 7.70. The van der Waals surface area contributed by atoms with Crippen LogP contribution in [0.2, 0.25) is 5.02 Å². The maximum Gasteiger partial charge on any atom is 0.127 e. The summed E-state index contributed by atoms with van der Waals surface area (Å²) in [6.07, 6.45) is 2.63. The Morgan fingerprint density at radius 3 is 2.71 bits per heavy atom. The van der Waals surface area contributed by atoms with Crippen LogP contribution in [0.25, 0.3) is 0 Å². The Hall–Kier alpha value is -1.38. The fourth-order valence-electron chi connectivity index (χ4n) is 3.13. The van der Waals surface area contributed by atoms with Gasteiger partial charge in [0.1, 0.15) is 5.82 Å². The van der Waals surface area contributed by atoms with Gasteiger partial charge in [-0.2, -0.15) is 0 Å². The van der Waals surface area contributed by atoms with Crippen LogP contribution in [-0.4, -0.2) is 11.2 Å².